The number of rotatable bonds is 7. The lowest BCUT2D eigenvalue weighted by Gasteiger charge is -2.11. The zero-order valence-corrected chi connectivity index (χ0v) is 7.75. The van der Waals surface area contributed by atoms with E-state index in [4.69, 9.17) is 5.11 Å². The lowest BCUT2D eigenvalue weighted by Crippen LogP contribution is -2.07. The van der Waals surface area contributed by atoms with Crippen LogP contribution < -0.4 is 0 Å². The van der Waals surface area contributed by atoms with Crippen molar-refractivity contribution in [2.24, 2.45) is 5.92 Å². The lowest BCUT2D eigenvalue weighted by atomic mass is 9.95. The highest BCUT2D eigenvalue weighted by atomic mass is 16.4. The Kier molecular flexibility index (Phi) is 6.44. The molecule has 0 saturated carbocycles. The van der Waals surface area contributed by atoms with E-state index in [2.05, 4.69) is 13.5 Å². The van der Waals surface area contributed by atoms with Crippen molar-refractivity contribution in [1.82, 2.24) is 0 Å². The minimum absolute atomic E-state index is 0.307. The molecule has 70 valence electrons. The Hall–Kier alpha value is -0.790. The van der Waals surface area contributed by atoms with Gasteiger partial charge >= 0.3 is 5.97 Å². The van der Waals surface area contributed by atoms with Crippen LogP contribution in [0, 0.1) is 5.92 Å². The van der Waals surface area contributed by atoms with E-state index in [-0.39, 0.29) is 0 Å². The number of allylic oxidation sites excluding steroid dienone is 1. The summed E-state index contributed by atoms with van der Waals surface area (Å²) in [5.74, 6) is -0.344. The molecule has 0 amide bonds. The molecule has 1 atom stereocenters. The first-order valence-electron chi connectivity index (χ1n) is 4.53. The van der Waals surface area contributed by atoms with Crippen molar-refractivity contribution in [3.8, 4) is 0 Å². The third kappa shape index (κ3) is 5.96. The van der Waals surface area contributed by atoms with Gasteiger partial charge in [0.25, 0.3) is 0 Å². The molecule has 0 aliphatic carbocycles. The van der Waals surface area contributed by atoms with Crippen LogP contribution in [0.4, 0.5) is 0 Å². The van der Waals surface area contributed by atoms with Crippen molar-refractivity contribution in [3.05, 3.63) is 12.7 Å². The van der Waals surface area contributed by atoms with E-state index in [0.29, 0.717) is 12.3 Å². The monoisotopic (exact) mass is 170 g/mol. The molecule has 0 spiro atoms. The van der Waals surface area contributed by atoms with Crippen molar-refractivity contribution >= 4 is 5.97 Å². The molecule has 1 unspecified atom stereocenters. The number of aliphatic carboxylic acids is 1. The summed E-state index contributed by atoms with van der Waals surface area (Å²) in [7, 11) is 0. The first-order valence-corrected chi connectivity index (χ1v) is 4.53. The molecular weight excluding hydrogens is 152 g/mol. The smallest absolute Gasteiger partial charge is 0.303 e. The van der Waals surface area contributed by atoms with Gasteiger partial charge in [0, 0.05) is 6.42 Å². The average molecular weight is 170 g/mol. The molecule has 0 rings (SSSR count). The molecule has 0 aromatic carbocycles. The van der Waals surface area contributed by atoms with Gasteiger partial charge < -0.3 is 5.11 Å². The largest absolute Gasteiger partial charge is 0.481 e. The van der Waals surface area contributed by atoms with Crippen LogP contribution >= 0.6 is 0 Å². The van der Waals surface area contributed by atoms with Crippen LogP contribution in [0.2, 0.25) is 0 Å². The molecule has 0 heterocycles. The van der Waals surface area contributed by atoms with Gasteiger partial charge in [-0.3, -0.25) is 4.79 Å². The molecule has 0 radical (unpaired) electrons. The van der Waals surface area contributed by atoms with Gasteiger partial charge in [0.05, 0.1) is 0 Å². The highest BCUT2D eigenvalue weighted by Gasteiger charge is 2.10. The molecule has 0 aliphatic rings. The molecule has 0 bridgehead atoms. The zero-order chi connectivity index (χ0) is 9.40. The molecule has 2 heteroatoms. The van der Waals surface area contributed by atoms with E-state index in [1.54, 1.807) is 0 Å². The van der Waals surface area contributed by atoms with E-state index < -0.39 is 5.97 Å². The maximum absolute atomic E-state index is 10.4. The van der Waals surface area contributed by atoms with Crippen molar-refractivity contribution in [3.63, 3.8) is 0 Å². The second kappa shape index (κ2) is 6.89. The SMILES string of the molecule is C=CCCC(CCC)CC(=O)O. The van der Waals surface area contributed by atoms with Crippen molar-refractivity contribution in [2.45, 2.75) is 39.0 Å². The van der Waals surface area contributed by atoms with Crippen LogP contribution in [-0.2, 0) is 4.79 Å². The van der Waals surface area contributed by atoms with E-state index >= 15 is 0 Å². The summed E-state index contributed by atoms with van der Waals surface area (Å²) in [5.41, 5.74) is 0. The minimum atomic E-state index is -0.683. The average Bonchev–Trinajstić information content (AvgIpc) is 2.00. The van der Waals surface area contributed by atoms with Gasteiger partial charge in [-0.15, -0.1) is 6.58 Å². The Balaban J connectivity index is 3.68. The van der Waals surface area contributed by atoms with Gasteiger partial charge in [-0.25, -0.2) is 0 Å². The lowest BCUT2D eigenvalue weighted by molar-refractivity contribution is -0.138. The number of carbonyl (C=O) groups is 1. The number of hydrogen-bond donors (Lipinski definition) is 1. The van der Waals surface area contributed by atoms with Crippen molar-refractivity contribution in [2.75, 3.05) is 0 Å². The molecule has 0 fully saturated rings. The second-order valence-corrected chi connectivity index (χ2v) is 3.12. The van der Waals surface area contributed by atoms with Crippen molar-refractivity contribution in [1.29, 1.82) is 0 Å². The number of hydrogen-bond acceptors (Lipinski definition) is 1. The Morgan fingerprint density at radius 3 is 2.67 bits per heavy atom. The van der Waals surface area contributed by atoms with E-state index in [9.17, 15) is 4.79 Å². The van der Waals surface area contributed by atoms with Crippen LogP contribution in [0.5, 0.6) is 0 Å². The first-order chi connectivity index (χ1) is 5.70. The first kappa shape index (κ1) is 11.2. The standard InChI is InChI=1S/C10H18O2/c1-3-5-7-9(6-4-2)8-10(11)12/h3,9H,1,4-8H2,2H3,(H,11,12). The minimum Gasteiger partial charge on any atom is -0.481 e. The molecule has 0 aliphatic heterocycles. The summed E-state index contributed by atoms with van der Waals surface area (Å²) < 4.78 is 0. The summed E-state index contributed by atoms with van der Waals surface area (Å²) >= 11 is 0. The molecule has 12 heavy (non-hydrogen) atoms. The summed E-state index contributed by atoms with van der Waals surface area (Å²) in [6.07, 6.45) is 6.13. The maximum Gasteiger partial charge on any atom is 0.303 e. The van der Waals surface area contributed by atoms with Crippen LogP contribution in [0.15, 0.2) is 12.7 Å². The zero-order valence-electron chi connectivity index (χ0n) is 7.75. The van der Waals surface area contributed by atoms with Crippen LogP contribution in [0.25, 0.3) is 0 Å². The Morgan fingerprint density at radius 2 is 2.25 bits per heavy atom. The highest BCUT2D eigenvalue weighted by molar-refractivity contribution is 5.66. The summed E-state index contributed by atoms with van der Waals surface area (Å²) in [6.45, 7) is 5.71. The molecule has 1 N–H and O–H groups in total. The quantitative estimate of drug-likeness (QED) is 0.596. The Bertz CT molecular complexity index is 141. The predicted octanol–water partition coefficient (Wildman–Crippen LogP) is 2.84. The third-order valence-electron chi connectivity index (χ3n) is 1.94. The fourth-order valence-corrected chi connectivity index (χ4v) is 1.36. The number of carboxylic acid groups (broad SMARTS) is 1. The Labute approximate surface area is 74.3 Å². The predicted molar refractivity (Wildman–Crippen MR) is 50.1 cm³/mol. The van der Waals surface area contributed by atoms with Gasteiger partial charge in [-0.05, 0) is 18.8 Å². The highest BCUT2D eigenvalue weighted by Crippen LogP contribution is 2.17. The van der Waals surface area contributed by atoms with Gasteiger partial charge in [0.1, 0.15) is 0 Å². The molecule has 0 saturated heterocycles. The van der Waals surface area contributed by atoms with Gasteiger partial charge in [-0.1, -0.05) is 25.8 Å². The molecular formula is C10H18O2. The third-order valence-corrected chi connectivity index (χ3v) is 1.94. The van der Waals surface area contributed by atoms with Crippen LogP contribution in [0.1, 0.15) is 39.0 Å². The van der Waals surface area contributed by atoms with Gasteiger partial charge in [0.2, 0.25) is 0 Å². The van der Waals surface area contributed by atoms with Crippen molar-refractivity contribution < 1.29 is 9.90 Å². The fraction of sp³-hybridized carbons (Fsp3) is 0.700. The fourth-order valence-electron chi connectivity index (χ4n) is 1.36. The maximum atomic E-state index is 10.4. The topological polar surface area (TPSA) is 37.3 Å². The summed E-state index contributed by atoms with van der Waals surface area (Å²) in [6, 6.07) is 0. The molecule has 0 aromatic heterocycles. The normalized spacial score (nSPS) is 12.4. The van der Waals surface area contributed by atoms with Crippen LogP contribution in [-0.4, -0.2) is 11.1 Å². The summed E-state index contributed by atoms with van der Waals surface area (Å²) in [5, 5.41) is 8.58. The van der Waals surface area contributed by atoms with Gasteiger partial charge in [-0.2, -0.15) is 0 Å². The van der Waals surface area contributed by atoms with E-state index in [1.807, 2.05) is 6.08 Å². The van der Waals surface area contributed by atoms with Gasteiger partial charge in [0.15, 0.2) is 0 Å². The number of carboxylic acids is 1. The summed E-state index contributed by atoms with van der Waals surface area (Å²) in [4.78, 5) is 10.4. The molecule has 2 nitrogen and oxygen atoms in total. The Morgan fingerprint density at radius 1 is 1.58 bits per heavy atom. The van der Waals surface area contributed by atoms with Crippen LogP contribution in [0.3, 0.4) is 0 Å². The van der Waals surface area contributed by atoms with E-state index in [0.717, 1.165) is 25.7 Å². The second-order valence-electron chi connectivity index (χ2n) is 3.12. The molecule has 0 aromatic rings. The van der Waals surface area contributed by atoms with E-state index in [1.165, 1.54) is 0 Å².